The SMILES string of the molecule is CC(C)N1CCN(C(=O)C2CCN(c3cncnc3N3CCCCC3)CC2)CC1. The van der Waals surface area contributed by atoms with E-state index in [2.05, 4.69) is 43.4 Å². The number of piperidine rings is 2. The second kappa shape index (κ2) is 9.28. The van der Waals surface area contributed by atoms with Gasteiger partial charge in [0.1, 0.15) is 6.33 Å². The molecule has 0 atom stereocenters. The molecule has 0 aromatic carbocycles. The molecule has 1 amide bonds. The van der Waals surface area contributed by atoms with Gasteiger partial charge < -0.3 is 14.7 Å². The third-order valence-electron chi connectivity index (χ3n) is 6.87. The molecular weight excluding hydrogens is 364 g/mol. The molecule has 0 radical (unpaired) electrons. The summed E-state index contributed by atoms with van der Waals surface area (Å²) in [5, 5.41) is 0. The van der Waals surface area contributed by atoms with Crippen molar-refractivity contribution in [1.29, 1.82) is 0 Å². The lowest BCUT2D eigenvalue weighted by Crippen LogP contribution is -2.53. The van der Waals surface area contributed by atoms with Gasteiger partial charge in [0.25, 0.3) is 0 Å². The first-order valence-electron chi connectivity index (χ1n) is 11.5. The maximum atomic E-state index is 13.0. The van der Waals surface area contributed by atoms with Crippen LogP contribution >= 0.6 is 0 Å². The topological polar surface area (TPSA) is 55.8 Å². The summed E-state index contributed by atoms with van der Waals surface area (Å²) in [6.07, 6.45) is 9.28. The van der Waals surface area contributed by atoms with Crippen LogP contribution in [0.5, 0.6) is 0 Å². The Balaban J connectivity index is 1.34. The van der Waals surface area contributed by atoms with E-state index in [1.165, 1.54) is 19.3 Å². The lowest BCUT2D eigenvalue weighted by atomic mass is 9.94. The second-order valence-corrected chi connectivity index (χ2v) is 9.00. The highest BCUT2D eigenvalue weighted by molar-refractivity contribution is 5.79. The number of amides is 1. The number of nitrogens with zero attached hydrogens (tertiary/aromatic N) is 6. The van der Waals surface area contributed by atoms with Gasteiger partial charge in [0, 0.05) is 64.3 Å². The van der Waals surface area contributed by atoms with E-state index in [9.17, 15) is 4.79 Å². The van der Waals surface area contributed by atoms with Crippen molar-refractivity contribution in [2.24, 2.45) is 5.92 Å². The Bertz CT molecular complexity index is 674. The summed E-state index contributed by atoms with van der Waals surface area (Å²) < 4.78 is 0. The van der Waals surface area contributed by atoms with Crippen LogP contribution in [0, 0.1) is 5.92 Å². The van der Waals surface area contributed by atoms with Crippen molar-refractivity contribution in [3.63, 3.8) is 0 Å². The minimum Gasteiger partial charge on any atom is -0.367 e. The van der Waals surface area contributed by atoms with Crippen LogP contribution in [0.4, 0.5) is 11.5 Å². The lowest BCUT2D eigenvalue weighted by molar-refractivity contribution is -0.138. The van der Waals surface area contributed by atoms with Gasteiger partial charge in [-0.25, -0.2) is 9.97 Å². The van der Waals surface area contributed by atoms with Crippen LogP contribution < -0.4 is 9.80 Å². The Morgan fingerprint density at radius 1 is 0.931 bits per heavy atom. The summed E-state index contributed by atoms with van der Waals surface area (Å²) in [5.74, 6) is 1.61. The largest absolute Gasteiger partial charge is 0.367 e. The fourth-order valence-electron chi connectivity index (χ4n) is 4.97. The van der Waals surface area contributed by atoms with Gasteiger partial charge in [-0.2, -0.15) is 0 Å². The smallest absolute Gasteiger partial charge is 0.225 e. The molecule has 3 saturated heterocycles. The molecule has 3 aliphatic heterocycles. The van der Waals surface area contributed by atoms with Crippen molar-refractivity contribution >= 4 is 17.4 Å². The summed E-state index contributed by atoms with van der Waals surface area (Å²) in [6, 6.07) is 0.567. The molecule has 0 spiro atoms. The van der Waals surface area contributed by atoms with Gasteiger partial charge in [0.05, 0.1) is 11.9 Å². The minimum atomic E-state index is 0.167. The van der Waals surface area contributed by atoms with Crippen LogP contribution in [0.3, 0.4) is 0 Å². The molecule has 0 N–H and O–H groups in total. The normalized spacial score (nSPS) is 22.4. The van der Waals surface area contributed by atoms with Crippen molar-refractivity contribution < 1.29 is 4.79 Å². The van der Waals surface area contributed by atoms with Crippen molar-refractivity contribution in [2.75, 3.05) is 62.2 Å². The van der Waals surface area contributed by atoms with Crippen molar-refractivity contribution in [3.8, 4) is 0 Å². The van der Waals surface area contributed by atoms with Crippen LogP contribution in [0.1, 0.15) is 46.0 Å². The molecule has 7 heteroatoms. The van der Waals surface area contributed by atoms with E-state index in [0.717, 1.165) is 76.7 Å². The Hall–Kier alpha value is -1.89. The third-order valence-corrected chi connectivity index (χ3v) is 6.87. The number of aromatic nitrogens is 2. The fourth-order valence-corrected chi connectivity index (χ4v) is 4.97. The third kappa shape index (κ3) is 4.65. The first-order chi connectivity index (χ1) is 14.1. The molecule has 0 saturated carbocycles. The molecule has 0 unspecified atom stereocenters. The predicted octanol–water partition coefficient (Wildman–Crippen LogP) is 2.24. The number of rotatable bonds is 4. The molecular formula is C22H36N6O. The van der Waals surface area contributed by atoms with Crippen LogP contribution in [-0.4, -0.2) is 84.1 Å². The first kappa shape index (κ1) is 20.4. The zero-order chi connectivity index (χ0) is 20.2. The lowest BCUT2D eigenvalue weighted by Gasteiger charge is -2.40. The van der Waals surface area contributed by atoms with Gasteiger partial charge in [0.2, 0.25) is 5.91 Å². The highest BCUT2D eigenvalue weighted by Crippen LogP contribution is 2.32. The Kier molecular flexibility index (Phi) is 6.53. The molecule has 4 rings (SSSR count). The molecule has 0 bridgehead atoms. The first-order valence-corrected chi connectivity index (χ1v) is 11.5. The Morgan fingerprint density at radius 3 is 2.28 bits per heavy atom. The maximum Gasteiger partial charge on any atom is 0.225 e. The predicted molar refractivity (Wildman–Crippen MR) is 116 cm³/mol. The minimum absolute atomic E-state index is 0.167. The number of piperazine rings is 1. The standard InChI is InChI=1S/C22H36N6O/c1-18(2)25-12-14-28(15-13-25)22(29)19-6-10-26(11-7-19)20-16-23-17-24-21(20)27-8-4-3-5-9-27/h16-19H,3-15H2,1-2H3. The van der Waals surface area contributed by atoms with Gasteiger partial charge in [-0.1, -0.05) is 0 Å². The van der Waals surface area contributed by atoms with Crippen LogP contribution in [0.25, 0.3) is 0 Å². The van der Waals surface area contributed by atoms with Gasteiger partial charge in [0.15, 0.2) is 5.82 Å². The highest BCUT2D eigenvalue weighted by Gasteiger charge is 2.32. The Labute approximate surface area is 175 Å². The number of carbonyl (C=O) groups is 1. The van der Waals surface area contributed by atoms with E-state index in [4.69, 9.17) is 0 Å². The molecule has 7 nitrogen and oxygen atoms in total. The quantitative estimate of drug-likeness (QED) is 0.773. The number of anilines is 2. The van der Waals surface area contributed by atoms with E-state index in [0.29, 0.717) is 11.9 Å². The summed E-state index contributed by atoms with van der Waals surface area (Å²) in [7, 11) is 0. The van der Waals surface area contributed by atoms with E-state index in [-0.39, 0.29) is 5.92 Å². The van der Waals surface area contributed by atoms with Crippen LogP contribution in [-0.2, 0) is 4.79 Å². The molecule has 160 valence electrons. The van der Waals surface area contributed by atoms with Crippen LogP contribution in [0.2, 0.25) is 0 Å². The summed E-state index contributed by atoms with van der Waals surface area (Å²) >= 11 is 0. The van der Waals surface area contributed by atoms with E-state index >= 15 is 0 Å². The van der Waals surface area contributed by atoms with Crippen LogP contribution in [0.15, 0.2) is 12.5 Å². The molecule has 3 fully saturated rings. The second-order valence-electron chi connectivity index (χ2n) is 9.00. The van der Waals surface area contributed by atoms with E-state index in [1.54, 1.807) is 6.33 Å². The molecule has 1 aromatic rings. The average molecular weight is 401 g/mol. The molecule has 29 heavy (non-hydrogen) atoms. The highest BCUT2D eigenvalue weighted by atomic mass is 16.2. The van der Waals surface area contributed by atoms with Gasteiger partial charge in [-0.15, -0.1) is 0 Å². The molecule has 1 aromatic heterocycles. The van der Waals surface area contributed by atoms with E-state index < -0.39 is 0 Å². The van der Waals surface area contributed by atoms with Crippen molar-refractivity contribution in [3.05, 3.63) is 12.5 Å². The Morgan fingerprint density at radius 2 is 1.62 bits per heavy atom. The molecule has 3 aliphatic rings. The van der Waals surface area contributed by atoms with Crippen molar-refractivity contribution in [2.45, 2.75) is 52.0 Å². The zero-order valence-corrected chi connectivity index (χ0v) is 18.1. The van der Waals surface area contributed by atoms with Gasteiger partial charge in [-0.05, 0) is 46.0 Å². The average Bonchev–Trinajstić information content (AvgIpc) is 2.79. The van der Waals surface area contributed by atoms with E-state index in [1.807, 2.05) is 6.20 Å². The molecule has 4 heterocycles. The van der Waals surface area contributed by atoms with Gasteiger partial charge in [-0.3, -0.25) is 9.69 Å². The monoisotopic (exact) mass is 400 g/mol. The zero-order valence-electron chi connectivity index (χ0n) is 18.1. The van der Waals surface area contributed by atoms with Gasteiger partial charge >= 0.3 is 0 Å². The number of carbonyl (C=O) groups excluding carboxylic acids is 1. The summed E-state index contributed by atoms with van der Waals surface area (Å²) in [6.45, 7) is 12.2. The fraction of sp³-hybridized carbons (Fsp3) is 0.773. The number of hydrogen-bond acceptors (Lipinski definition) is 6. The summed E-state index contributed by atoms with van der Waals surface area (Å²) in [5.41, 5.74) is 1.14. The van der Waals surface area contributed by atoms with Crippen molar-refractivity contribution in [1.82, 2.24) is 19.8 Å². The summed E-state index contributed by atoms with van der Waals surface area (Å²) in [4.78, 5) is 31.3. The molecule has 0 aliphatic carbocycles. The maximum absolute atomic E-state index is 13.0. The number of hydrogen-bond donors (Lipinski definition) is 0.